The summed E-state index contributed by atoms with van der Waals surface area (Å²) in [6.45, 7) is 5.62. The van der Waals surface area contributed by atoms with Gasteiger partial charge in [0.15, 0.2) is 17.5 Å². The molecule has 0 fully saturated rings. The Labute approximate surface area is 209 Å². The molecule has 0 radical (unpaired) electrons. The minimum Gasteiger partial charge on any atom is -0.485 e. The van der Waals surface area contributed by atoms with E-state index in [0.717, 1.165) is 10.8 Å². The van der Waals surface area contributed by atoms with E-state index in [4.69, 9.17) is 22.1 Å². The molecule has 12 heteroatoms. The van der Waals surface area contributed by atoms with Crippen molar-refractivity contribution >= 4 is 23.6 Å². The Morgan fingerprint density at radius 2 is 1.94 bits per heavy atom. The third-order valence-corrected chi connectivity index (χ3v) is 5.44. The van der Waals surface area contributed by atoms with Crippen molar-refractivity contribution in [3.63, 3.8) is 0 Å². The van der Waals surface area contributed by atoms with Gasteiger partial charge in [0.05, 0.1) is 17.5 Å². The van der Waals surface area contributed by atoms with Crippen molar-refractivity contribution in [3.05, 3.63) is 86.1 Å². The molecular formula is C24H23ClF3N5O3. The SMILES string of the molecule is Cc1cnc(N=CC=C(N)C(C)(C)O)c(F)c1-n1c(C)cc(OCc2ncc(F)cc2F)c(Cl)c1=O. The van der Waals surface area contributed by atoms with Crippen molar-refractivity contribution in [3.8, 4) is 11.4 Å². The summed E-state index contributed by atoms with van der Waals surface area (Å²) >= 11 is 6.21. The molecule has 36 heavy (non-hydrogen) atoms. The summed E-state index contributed by atoms with van der Waals surface area (Å²) in [6.07, 6.45) is 4.65. The first kappa shape index (κ1) is 26.9. The number of ether oxygens (including phenoxy) is 1. The van der Waals surface area contributed by atoms with Crippen LogP contribution in [0.3, 0.4) is 0 Å². The number of nitrogens with zero attached hydrogens (tertiary/aromatic N) is 4. The van der Waals surface area contributed by atoms with Crippen LogP contribution >= 0.6 is 11.6 Å². The van der Waals surface area contributed by atoms with Gasteiger partial charge in [-0.05, 0) is 39.3 Å². The number of nitrogens with two attached hydrogens (primary N) is 1. The lowest BCUT2D eigenvalue weighted by atomic mass is 10.1. The van der Waals surface area contributed by atoms with Crippen molar-refractivity contribution in [2.75, 3.05) is 0 Å². The van der Waals surface area contributed by atoms with Crippen molar-refractivity contribution in [2.24, 2.45) is 10.7 Å². The van der Waals surface area contributed by atoms with Gasteiger partial charge in [-0.3, -0.25) is 14.3 Å². The highest BCUT2D eigenvalue weighted by Gasteiger charge is 2.21. The summed E-state index contributed by atoms with van der Waals surface area (Å²) in [5.74, 6) is -3.07. The maximum atomic E-state index is 15.4. The topological polar surface area (TPSA) is 116 Å². The van der Waals surface area contributed by atoms with E-state index in [-0.39, 0.29) is 39.4 Å². The first-order valence-electron chi connectivity index (χ1n) is 10.5. The van der Waals surface area contributed by atoms with Crippen molar-refractivity contribution in [2.45, 2.75) is 39.9 Å². The highest BCUT2D eigenvalue weighted by Crippen LogP contribution is 2.29. The number of hydrogen-bond acceptors (Lipinski definition) is 7. The van der Waals surface area contributed by atoms with E-state index in [9.17, 15) is 18.7 Å². The normalized spacial score (nSPS) is 12.4. The number of aliphatic imine (C=N–C) groups is 1. The van der Waals surface area contributed by atoms with Gasteiger partial charge in [-0.25, -0.2) is 23.1 Å². The van der Waals surface area contributed by atoms with E-state index < -0.39 is 35.2 Å². The number of aromatic nitrogens is 3. The lowest BCUT2D eigenvalue weighted by Gasteiger charge is -2.17. The lowest BCUT2D eigenvalue weighted by molar-refractivity contribution is 0.118. The standard InChI is InChI=1S/C24H23ClF3N5O3/c1-12-9-32-22(30-6-5-18(29)24(3,4)35)20(28)21(12)33-13(2)7-17(19(25)23(33)34)36-11-16-15(27)8-14(26)10-31-16/h5-10,35H,11,29H2,1-4H3. The van der Waals surface area contributed by atoms with E-state index in [1.807, 2.05) is 0 Å². The first-order chi connectivity index (χ1) is 16.8. The van der Waals surface area contributed by atoms with Gasteiger partial charge in [0.2, 0.25) is 0 Å². The molecule has 3 aromatic heterocycles. The van der Waals surface area contributed by atoms with Gasteiger partial charge < -0.3 is 15.6 Å². The Kier molecular flexibility index (Phi) is 7.85. The first-order valence-corrected chi connectivity index (χ1v) is 10.9. The summed E-state index contributed by atoms with van der Waals surface area (Å²) in [7, 11) is 0. The average molecular weight is 522 g/mol. The zero-order chi connectivity index (χ0) is 26.8. The number of pyridine rings is 3. The van der Waals surface area contributed by atoms with E-state index in [1.165, 1.54) is 45.3 Å². The van der Waals surface area contributed by atoms with Gasteiger partial charge in [-0.2, -0.15) is 0 Å². The number of rotatable bonds is 7. The molecule has 3 rings (SSSR count). The Morgan fingerprint density at radius 3 is 2.58 bits per heavy atom. The molecule has 0 atom stereocenters. The fourth-order valence-electron chi connectivity index (χ4n) is 3.07. The molecule has 3 heterocycles. The second-order valence-electron chi connectivity index (χ2n) is 8.36. The van der Waals surface area contributed by atoms with Gasteiger partial charge in [0.1, 0.15) is 28.9 Å². The van der Waals surface area contributed by atoms with Crippen LogP contribution in [-0.2, 0) is 6.61 Å². The van der Waals surface area contributed by atoms with Crippen LogP contribution in [0.2, 0.25) is 5.02 Å². The molecule has 0 saturated heterocycles. The van der Waals surface area contributed by atoms with Gasteiger partial charge in [-0.1, -0.05) is 11.6 Å². The zero-order valence-corrected chi connectivity index (χ0v) is 20.6. The predicted octanol–water partition coefficient (Wildman–Crippen LogP) is 4.21. The molecule has 8 nitrogen and oxygen atoms in total. The largest absolute Gasteiger partial charge is 0.485 e. The molecule has 0 bridgehead atoms. The highest BCUT2D eigenvalue weighted by atomic mass is 35.5. The molecule has 0 aromatic carbocycles. The van der Waals surface area contributed by atoms with E-state index in [0.29, 0.717) is 11.6 Å². The lowest BCUT2D eigenvalue weighted by Crippen LogP contribution is -2.27. The Balaban J connectivity index is 1.99. The Bertz CT molecular complexity index is 1430. The van der Waals surface area contributed by atoms with Crippen LogP contribution in [0.25, 0.3) is 5.69 Å². The van der Waals surface area contributed by atoms with Crippen LogP contribution in [0.15, 0.2) is 46.1 Å². The van der Waals surface area contributed by atoms with Gasteiger partial charge in [-0.15, -0.1) is 0 Å². The molecule has 3 N–H and O–H groups in total. The quantitative estimate of drug-likeness (QED) is 0.450. The number of hydrogen-bond donors (Lipinski definition) is 2. The third kappa shape index (κ3) is 5.74. The van der Waals surface area contributed by atoms with Crippen LogP contribution in [0, 0.1) is 31.3 Å². The number of halogens is 4. The third-order valence-electron chi connectivity index (χ3n) is 5.09. The summed E-state index contributed by atoms with van der Waals surface area (Å²) in [5.41, 5.74) is 4.01. The highest BCUT2D eigenvalue weighted by molar-refractivity contribution is 6.31. The monoisotopic (exact) mass is 521 g/mol. The smallest absolute Gasteiger partial charge is 0.278 e. The molecule has 0 aliphatic rings. The van der Waals surface area contributed by atoms with E-state index >= 15 is 4.39 Å². The van der Waals surface area contributed by atoms with Crippen LogP contribution in [0.4, 0.5) is 19.0 Å². The number of allylic oxidation sites excluding steroid dienone is 1. The summed E-state index contributed by atoms with van der Waals surface area (Å²) in [6, 6.07) is 2.03. The molecule has 0 unspecified atom stereocenters. The van der Waals surface area contributed by atoms with Crippen molar-refractivity contribution in [1.82, 2.24) is 14.5 Å². The molecule has 190 valence electrons. The van der Waals surface area contributed by atoms with Crippen LogP contribution < -0.4 is 16.0 Å². The second kappa shape index (κ2) is 10.5. The Morgan fingerprint density at radius 1 is 1.25 bits per heavy atom. The molecule has 0 aliphatic heterocycles. The zero-order valence-electron chi connectivity index (χ0n) is 19.8. The molecule has 0 amide bonds. The minimum atomic E-state index is -1.29. The molecule has 0 spiro atoms. The average Bonchev–Trinajstić information content (AvgIpc) is 2.79. The molecular weight excluding hydrogens is 499 g/mol. The predicted molar refractivity (Wildman–Crippen MR) is 129 cm³/mol. The maximum Gasteiger partial charge on any atom is 0.278 e. The summed E-state index contributed by atoms with van der Waals surface area (Å²) in [4.78, 5) is 24.6. The maximum absolute atomic E-state index is 15.4. The van der Waals surface area contributed by atoms with Gasteiger partial charge in [0.25, 0.3) is 5.56 Å². The minimum absolute atomic E-state index is 0.0847. The summed E-state index contributed by atoms with van der Waals surface area (Å²) < 4.78 is 48.8. The van der Waals surface area contributed by atoms with Gasteiger partial charge in [0, 0.05) is 35.9 Å². The fraction of sp³-hybridized carbons (Fsp3) is 0.250. The van der Waals surface area contributed by atoms with E-state index in [2.05, 4.69) is 15.0 Å². The second-order valence-corrected chi connectivity index (χ2v) is 8.74. The molecule has 0 aliphatic carbocycles. The van der Waals surface area contributed by atoms with Crippen LogP contribution in [0.5, 0.6) is 5.75 Å². The fourth-order valence-corrected chi connectivity index (χ4v) is 3.26. The molecule has 0 saturated carbocycles. The van der Waals surface area contributed by atoms with Gasteiger partial charge >= 0.3 is 0 Å². The Hall–Kier alpha value is -3.70. The number of aryl methyl sites for hydroxylation is 2. The van der Waals surface area contributed by atoms with Crippen molar-refractivity contribution < 1.29 is 23.0 Å². The van der Waals surface area contributed by atoms with Crippen LogP contribution in [0.1, 0.15) is 30.8 Å². The van der Waals surface area contributed by atoms with Crippen molar-refractivity contribution in [1.29, 1.82) is 0 Å². The molecule has 3 aromatic rings. The van der Waals surface area contributed by atoms with E-state index in [1.54, 1.807) is 6.92 Å². The summed E-state index contributed by atoms with van der Waals surface area (Å²) in [5, 5.41) is 9.48. The number of aliphatic hydroxyl groups is 1. The van der Waals surface area contributed by atoms with Crippen LogP contribution in [-0.4, -0.2) is 31.5 Å².